The fourth-order valence-corrected chi connectivity index (χ4v) is 7.37. The predicted octanol–water partition coefficient (Wildman–Crippen LogP) is 8.34. The van der Waals surface area contributed by atoms with Crippen LogP contribution >= 0.6 is 11.8 Å². The van der Waals surface area contributed by atoms with Crippen LogP contribution in [0.4, 0.5) is 18.9 Å². The van der Waals surface area contributed by atoms with Gasteiger partial charge in [-0.25, -0.2) is 9.78 Å². The topological polar surface area (TPSA) is 106 Å². The number of carbonyl (C=O) groups is 1. The lowest BCUT2D eigenvalue weighted by Gasteiger charge is -2.40. The molecule has 0 amide bonds. The second-order valence-corrected chi connectivity index (χ2v) is 15.2. The van der Waals surface area contributed by atoms with Crippen LogP contribution in [0.25, 0.3) is 0 Å². The Morgan fingerprint density at radius 3 is 2.29 bits per heavy atom. The minimum Gasteiger partial charge on any atom is -0.511 e. The molecule has 242 valence electrons. The summed E-state index contributed by atoms with van der Waals surface area (Å²) in [4.78, 5) is 17.7. The Labute approximate surface area is 266 Å². The molecule has 0 saturated carbocycles. The highest BCUT2D eigenvalue weighted by molar-refractivity contribution is 8.04. The van der Waals surface area contributed by atoms with Crippen molar-refractivity contribution in [1.82, 2.24) is 4.98 Å². The normalized spacial score (nSPS) is 17.9. The van der Waals surface area contributed by atoms with E-state index in [1.165, 1.54) is 0 Å². The number of hydrogen-bond donors (Lipinski definition) is 2. The van der Waals surface area contributed by atoms with Gasteiger partial charge in [0.15, 0.2) is 5.03 Å². The van der Waals surface area contributed by atoms with Crippen LogP contribution in [0.15, 0.2) is 81.4 Å². The number of pyridine rings is 1. The van der Waals surface area contributed by atoms with Gasteiger partial charge in [-0.3, -0.25) is 4.72 Å². The molecule has 0 radical (unpaired) electrons. The summed E-state index contributed by atoms with van der Waals surface area (Å²) in [7, 11) is -4.32. The number of thioether (sulfide) groups is 1. The molecule has 1 atom stereocenters. The van der Waals surface area contributed by atoms with Crippen molar-refractivity contribution < 1.29 is 36.2 Å². The highest BCUT2D eigenvalue weighted by Crippen LogP contribution is 2.46. The Morgan fingerprint density at radius 1 is 1.09 bits per heavy atom. The van der Waals surface area contributed by atoms with Gasteiger partial charge in [-0.2, -0.15) is 21.6 Å². The summed E-state index contributed by atoms with van der Waals surface area (Å²) in [5.41, 5.74) is 0.00333. The van der Waals surface area contributed by atoms with Crippen LogP contribution in [0.3, 0.4) is 0 Å². The first-order valence-electron chi connectivity index (χ1n) is 14.4. The van der Waals surface area contributed by atoms with Gasteiger partial charge < -0.3 is 9.84 Å². The number of nitrogens with one attached hydrogen (secondary N) is 1. The van der Waals surface area contributed by atoms with E-state index in [9.17, 15) is 31.5 Å². The number of aliphatic hydroxyl groups excluding tert-OH is 1. The molecule has 2 heterocycles. The number of hydrogen-bond acceptors (Lipinski definition) is 7. The van der Waals surface area contributed by atoms with E-state index in [0.717, 1.165) is 23.4 Å². The van der Waals surface area contributed by atoms with Gasteiger partial charge in [0.25, 0.3) is 10.0 Å². The molecule has 3 aromatic rings. The quantitative estimate of drug-likeness (QED) is 0.222. The van der Waals surface area contributed by atoms with Crippen LogP contribution in [0.2, 0.25) is 0 Å². The third-order valence-corrected chi connectivity index (χ3v) is 10.3. The summed E-state index contributed by atoms with van der Waals surface area (Å²) in [6, 6.07) is 14.7. The molecule has 0 saturated heterocycles. The van der Waals surface area contributed by atoms with E-state index >= 15 is 0 Å². The van der Waals surface area contributed by atoms with Crippen molar-refractivity contribution in [2.24, 2.45) is 5.92 Å². The monoisotopic (exact) mass is 662 g/mol. The number of rotatable bonds is 9. The van der Waals surface area contributed by atoms with E-state index in [1.54, 1.807) is 19.1 Å². The van der Waals surface area contributed by atoms with E-state index in [4.69, 9.17) is 4.74 Å². The van der Waals surface area contributed by atoms with Crippen molar-refractivity contribution in [2.45, 2.75) is 87.9 Å². The molecular formula is C33H37F3N2O5S2. The summed E-state index contributed by atoms with van der Waals surface area (Å²) < 4.78 is 73.5. The maximum atomic E-state index is 13.5. The zero-order valence-corrected chi connectivity index (χ0v) is 27.6. The Kier molecular flexibility index (Phi) is 9.70. The van der Waals surface area contributed by atoms with Crippen molar-refractivity contribution in [3.05, 3.63) is 93.7 Å². The van der Waals surface area contributed by atoms with Crippen molar-refractivity contribution in [3.8, 4) is 0 Å². The average Bonchev–Trinajstić information content (AvgIpc) is 2.94. The SMILES string of the molecule is Cc1cc(SC2=C(O)C[C@](CCc3ccccc3)(C(C)C)OC2=O)c(C(C)(C)C)cc1NS(=O)(=O)c1ccc(C(F)(F)F)cn1. The molecule has 2 N–H and O–H groups in total. The molecule has 0 aliphatic carbocycles. The molecule has 12 heteroatoms. The van der Waals surface area contributed by atoms with Crippen LogP contribution in [0.5, 0.6) is 0 Å². The van der Waals surface area contributed by atoms with Crippen molar-refractivity contribution in [1.29, 1.82) is 0 Å². The molecule has 4 rings (SSSR count). The highest BCUT2D eigenvalue weighted by Gasteiger charge is 2.44. The maximum Gasteiger partial charge on any atom is 0.417 e. The Bertz CT molecular complexity index is 1700. The smallest absolute Gasteiger partial charge is 0.417 e. The molecule has 0 unspecified atom stereocenters. The van der Waals surface area contributed by atoms with Gasteiger partial charge >= 0.3 is 12.1 Å². The number of aryl methyl sites for hydroxylation is 2. The minimum atomic E-state index is -4.65. The number of ether oxygens (including phenoxy) is 1. The number of benzene rings is 2. The minimum absolute atomic E-state index is 0.0577. The van der Waals surface area contributed by atoms with Crippen LogP contribution in [-0.4, -0.2) is 30.1 Å². The third-order valence-electron chi connectivity index (χ3n) is 7.87. The van der Waals surface area contributed by atoms with Crippen LogP contribution in [-0.2, 0) is 37.6 Å². The Hall–Kier alpha value is -3.51. The van der Waals surface area contributed by atoms with E-state index in [0.29, 0.717) is 41.1 Å². The number of cyclic esters (lactones) is 1. The van der Waals surface area contributed by atoms with Gasteiger partial charge in [0.2, 0.25) is 0 Å². The summed E-state index contributed by atoms with van der Waals surface area (Å²) in [6.07, 6.45) is -2.80. The van der Waals surface area contributed by atoms with Gasteiger partial charge in [-0.15, -0.1) is 0 Å². The number of nitrogens with zero attached hydrogens (tertiary/aromatic N) is 1. The second-order valence-electron chi connectivity index (χ2n) is 12.6. The maximum absolute atomic E-state index is 13.5. The summed E-state index contributed by atoms with van der Waals surface area (Å²) in [5, 5.41) is 10.7. The molecule has 1 aromatic heterocycles. The number of carbonyl (C=O) groups excluding carboxylic acids is 1. The predicted molar refractivity (Wildman–Crippen MR) is 168 cm³/mol. The number of aliphatic hydroxyl groups is 1. The van der Waals surface area contributed by atoms with E-state index in [2.05, 4.69) is 9.71 Å². The summed E-state index contributed by atoms with van der Waals surface area (Å²) in [6.45, 7) is 11.3. The molecule has 45 heavy (non-hydrogen) atoms. The summed E-state index contributed by atoms with van der Waals surface area (Å²) in [5.74, 6) is -0.743. The van der Waals surface area contributed by atoms with Crippen LogP contribution in [0.1, 0.15) is 69.7 Å². The fraction of sp³-hybridized carbons (Fsp3) is 0.394. The van der Waals surface area contributed by atoms with Crippen molar-refractivity contribution >= 4 is 33.4 Å². The average molecular weight is 663 g/mol. The summed E-state index contributed by atoms with van der Waals surface area (Å²) >= 11 is 1.06. The molecule has 7 nitrogen and oxygen atoms in total. The number of anilines is 1. The molecule has 0 fully saturated rings. The Morgan fingerprint density at radius 2 is 1.76 bits per heavy atom. The standard InChI is InChI=1S/C33H37F3N2O5S2/c1-20(2)32(15-14-22-10-8-7-9-11-22)18-26(39)29(30(40)43-32)44-27-16-21(3)25(17-24(27)31(4,5)6)38-45(41,42)28-13-12-23(19-37-28)33(34,35)36/h7-13,16-17,19-20,38-39H,14-15,18H2,1-6H3/t32-/m1/s1. The fourth-order valence-electron chi connectivity index (χ4n) is 5.08. The van der Waals surface area contributed by atoms with Crippen LogP contribution < -0.4 is 4.72 Å². The Balaban J connectivity index is 1.63. The van der Waals surface area contributed by atoms with E-state index in [1.807, 2.05) is 65.0 Å². The first-order valence-corrected chi connectivity index (χ1v) is 16.7. The number of aromatic nitrogens is 1. The number of alkyl halides is 3. The lowest BCUT2D eigenvalue weighted by Crippen LogP contribution is -2.44. The second kappa shape index (κ2) is 12.7. The zero-order valence-electron chi connectivity index (χ0n) is 25.9. The van der Waals surface area contributed by atoms with Crippen molar-refractivity contribution in [3.63, 3.8) is 0 Å². The van der Waals surface area contributed by atoms with Gasteiger partial charge in [0.05, 0.1) is 11.3 Å². The molecule has 0 bridgehead atoms. The van der Waals surface area contributed by atoms with Gasteiger partial charge in [0, 0.05) is 17.5 Å². The van der Waals surface area contributed by atoms with Crippen molar-refractivity contribution in [2.75, 3.05) is 4.72 Å². The molecule has 1 aliphatic heterocycles. The van der Waals surface area contributed by atoms with Crippen LogP contribution in [0, 0.1) is 12.8 Å². The van der Waals surface area contributed by atoms with E-state index in [-0.39, 0.29) is 28.7 Å². The lowest BCUT2D eigenvalue weighted by atomic mass is 9.80. The van der Waals surface area contributed by atoms with Gasteiger partial charge in [-0.1, -0.05) is 76.7 Å². The molecule has 1 aliphatic rings. The van der Waals surface area contributed by atoms with Gasteiger partial charge in [-0.05, 0) is 72.1 Å². The number of sulfonamides is 1. The third kappa shape index (κ3) is 7.84. The zero-order chi connectivity index (χ0) is 33.4. The first-order chi connectivity index (χ1) is 20.8. The first kappa shape index (κ1) is 34.4. The number of halogens is 3. The molecule has 0 spiro atoms. The molecule has 2 aromatic carbocycles. The lowest BCUT2D eigenvalue weighted by molar-refractivity contribution is -0.164. The van der Waals surface area contributed by atoms with Gasteiger partial charge in [0.1, 0.15) is 16.3 Å². The molecular weight excluding hydrogens is 626 g/mol. The largest absolute Gasteiger partial charge is 0.511 e. The van der Waals surface area contributed by atoms with E-state index < -0.39 is 43.8 Å². The highest BCUT2D eigenvalue weighted by atomic mass is 32.2. The number of esters is 1.